The molecule has 1 rings (SSSR count). The highest BCUT2D eigenvalue weighted by Gasteiger charge is 2.23. The molecular weight excluding hydrogens is 150 g/mol. The lowest BCUT2D eigenvalue weighted by molar-refractivity contribution is 0.320. The van der Waals surface area contributed by atoms with Crippen LogP contribution in [-0.2, 0) is 7.05 Å². The molecule has 0 amide bonds. The van der Waals surface area contributed by atoms with Crippen LogP contribution in [0.3, 0.4) is 0 Å². The van der Waals surface area contributed by atoms with E-state index in [0.29, 0.717) is 0 Å². The molecule has 3 heteroatoms. The molecule has 1 aromatic rings. The zero-order valence-corrected chi connectivity index (χ0v) is 8.20. The number of hydrogen-bond acceptors (Lipinski definition) is 2. The molecule has 0 saturated heterocycles. The van der Waals surface area contributed by atoms with E-state index in [1.54, 1.807) is 4.68 Å². The van der Waals surface area contributed by atoms with Crippen molar-refractivity contribution >= 4 is 0 Å². The van der Waals surface area contributed by atoms with Gasteiger partial charge in [0.1, 0.15) is 0 Å². The summed E-state index contributed by atoms with van der Waals surface area (Å²) < 4.78 is 1.78. The van der Waals surface area contributed by atoms with Gasteiger partial charge in [-0.3, -0.25) is 4.68 Å². The van der Waals surface area contributed by atoms with Gasteiger partial charge in [-0.05, 0) is 11.5 Å². The minimum atomic E-state index is 0.0127. The van der Waals surface area contributed by atoms with Crippen LogP contribution in [0.5, 0.6) is 0 Å². The Morgan fingerprint density at radius 1 is 1.50 bits per heavy atom. The second-order valence-electron chi connectivity index (χ2n) is 4.26. The van der Waals surface area contributed by atoms with Gasteiger partial charge in [-0.25, -0.2) is 0 Å². The number of hydrogen-bond donors (Lipinski definition) is 1. The lowest BCUT2D eigenvalue weighted by atomic mass is 9.86. The van der Waals surface area contributed by atoms with Crippen LogP contribution in [0.15, 0.2) is 12.3 Å². The van der Waals surface area contributed by atoms with E-state index in [4.69, 9.17) is 5.73 Å². The van der Waals surface area contributed by atoms with Crippen LogP contribution >= 0.6 is 0 Å². The molecule has 0 saturated carbocycles. The van der Waals surface area contributed by atoms with Crippen LogP contribution in [0.1, 0.15) is 32.5 Å². The molecule has 0 aliphatic rings. The van der Waals surface area contributed by atoms with Crippen molar-refractivity contribution in [2.24, 2.45) is 18.2 Å². The van der Waals surface area contributed by atoms with Gasteiger partial charge < -0.3 is 5.73 Å². The average molecular weight is 167 g/mol. The molecule has 1 heterocycles. The molecule has 0 fully saturated rings. The number of aromatic nitrogens is 2. The van der Waals surface area contributed by atoms with Crippen molar-refractivity contribution in [2.75, 3.05) is 0 Å². The van der Waals surface area contributed by atoms with Crippen molar-refractivity contribution in [3.05, 3.63) is 18.0 Å². The molecule has 0 aromatic carbocycles. The third-order valence-corrected chi connectivity index (χ3v) is 1.99. The summed E-state index contributed by atoms with van der Waals surface area (Å²) in [5, 5.41) is 4.27. The smallest absolute Gasteiger partial charge is 0.0797 e. The van der Waals surface area contributed by atoms with E-state index in [1.165, 1.54) is 0 Å². The monoisotopic (exact) mass is 167 g/mol. The second-order valence-corrected chi connectivity index (χ2v) is 4.26. The van der Waals surface area contributed by atoms with E-state index in [1.807, 2.05) is 19.3 Å². The first-order valence-corrected chi connectivity index (χ1v) is 4.16. The van der Waals surface area contributed by atoms with Gasteiger partial charge >= 0.3 is 0 Å². The van der Waals surface area contributed by atoms with E-state index in [-0.39, 0.29) is 11.5 Å². The summed E-state index contributed by atoms with van der Waals surface area (Å²) in [5.41, 5.74) is 7.05. The Kier molecular flexibility index (Phi) is 2.24. The molecule has 2 N–H and O–H groups in total. The zero-order valence-electron chi connectivity index (χ0n) is 8.20. The van der Waals surface area contributed by atoms with Gasteiger partial charge in [0.05, 0.1) is 11.7 Å². The van der Waals surface area contributed by atoms with E-state index in [0.717, 1.165) is 5.69 Å². The van der Waals surface area contributed by atoms with Crippen LogP contribution in [-0.4, -0.2) is 9.78 Å². The zero-order chi connectivity index (χ0) is 9.35. The first kappa shape index (κ1) is 9.26. The number of nitrogens with zero attached hydrogens (tertiary/aromatic N) is 2. The number of nitrogens with two attached hydrogens (primary N) is 1. The molecule has 1 unspecified atom stereocenters. The molecule has 12 heavy (non-hydrogen) atoms. The number of rotatable bonds is 1. The van der Waals surface area contributed by atoms with Crippen LogP contribution in [0.25, 0.3) is 0 Å². The lowest BCUT2D eigenvalue weighted by Gasteiger charge is -2.25. The molecule has 0 spiro atoms. The molecule has 0 aliphatic heterocycles. The minimum absolute atomic E-state index is 0.0127. The summed E-state index contributed by atoms with van der Waals surface area (Å²) >= 11 is 0. The quantitative estimate of drug-likeness (QED) is 0.688. The Morgan fingerprint density at radius 3 is 2.42 bits per heavy atom. The first-order chi connectivity index (χ1) is 5.41. The van der Waals surface area contributed by atoms with Crippen molar-refractivity contribution in [1.29, 1.82) is 0 Å². The van der Waals surface area contributed by atoms with Crippen LogP contribution in [0.4, 0.5) is 0 Å². The average Bonchev–Trinajstić information content (AvgIpc) is 2.32. The lowest BCUT2D eigenvalue weighted by Crippen LogP contribution is -2.26. The molecule has 1 aromatic heterocycles. The Hall–Kier alpha value is -0.830. The Bertz CT molecular complexity index is 257. The van der Waals surface area contributed by atoms with Gasteiger partial charge in [0.15, 0.2) is 0 Å². The predicted molar refractivity (Wildman–Crippen MR) is 49.6 cm³/mol. The molecule has 0 aliphatic carbocycles. The van der Waals surface area contributed by atoms with E-state index in [9.17, 15) is 0 Å². The van der Waals surface area contributed by atoms with Gasteiger partial charge in [0, 0.05) is 13.2 Å². The third-order valence-electron chi connectivity index (χ3n) is 1.99. The maximum absolute atomic E-state index is 6.01. The first-order valence-electron chi connectivity index (χ1n) is 4.16. The highest BCUT2D eigenvalue weighted by Crippen LogP contribution is 2.28. The topological polar surface area (TPSA) is 43.8 Å². The Morgan fingerprint density at radius 2 is 2.08 bits per heavy atom. The fourth-order valence-corrected chi connectivity index (χ4v) is 1.04. The van der Waals surface area contributed by atoms with Crippen molar-refractivity contribution < 1.29 is 0 Å². The summed E-state index contributed by atoms with van der Waals surface area (Å²) in [6, 6.07) is 1.98. The van der Waals surface area contributed by atoms with Crippen LogP contribution < -0.4 is 5.73 Å². The maximum atomic E-state index is 6.01. The SMILES string of the molecule is Cn1ccc(C(N)C(C)(C)C)n1. The molecule has 0 bridgehead atoms. The highest BCUT2D eigenvalue weighted by molar-refractivity contribution is 5.07. The summed E-state index contributed by atoms with van der Waals surface area (Å²) in [4.78, 5) is 0. The second kappa shape index (κ2) is 2.90. The predicted octanol–water partition coefficient (Wildman–Crippen LogP) is 1.47. The molecule has 0 radical (unpaired) electrons. The van der Waals surface area contributed by atoms with E-state index < -0.39 is 0 Å². The molecule has 68 valence electrons. The molecule has 1 atom stereocenters. The minimum Gasteiger partial charge on any atom is -0.322 e. The van der Waals surface area contributed by atoms with Crippen LogP contribution in [0.2, 0.25) is 0 Å². The van der Waals surface area contributed by atoms with E-state index >= 15 is 0 Å². The van der Waals surface area contributed by atoms with Gasteiger partial charge in [0.25, 0.3) is 0 Å². The normalized spacial score (nSPS) is 14.8. The summed E-state index contributed by atoms with van der Waals surface area (Å²) in [7, 11) is 1.90. The Balaban J connectivity index is 2.85. The summed E-state index contributed by atoms with van der Waals surface area (Å²) in [6.45, 7) is 6.35. The van der Waals surface area contributed by atoms with Crippen molar-refractivity contribution in [3.8, 4) is 0 Å². The van der Waals surface area contributed by atoms with Crippen molar-refractivity contribution in [3.63, 3.8) is 0 Å². The van der Waals surface area contributed by atoms with Crippen LogP contribution in [0, 0.1) is 5.41 Å². The van der Waals surface area contributed by atoms with Gasteiger partial charge in [-0.15, -0.1) is 0 Å². The van der Waals surface area contributed by atoms with Gasteiger partial charge in [-0.2, -0.15) is 5.10 Å². The fraction of sp³-hybridized carbons (Fsp3) is 0.667. The largest absolute Gasteiger partial charge is 0.322 e. The third kappa shape index (κ3) is 1.85. The van der Waals surface area contributed by atoms with Gasteiger partial charge in [0.2, 0.25) is 0 Å². The number of aryl methyl sites for hydroxylation is 1. The molecular formula is C9H17N3. The van der Waals surface area contributed by atoms with Crippen molar-refractivity contribution in [1.82, 2.24) is 9.78 Å². The maximum Gasteiger partial charge on any atom is 0.0797 e. The summed E-state index contributed by atoms with van der Waals surface area (Å²) in [5.74, 6) is 0. The fourth-order valence-electron chi connectivity index (χ4n) is 1.04. The highest BCUT2D eigenvalue weighted by atomic mass is 15.3. The Labute approximate surface area is 73.6 Å². The van der Waals surface area contributed by atoms with E-state index in [2.05, 4.69) is 25.9 Å². The van der Waals surface area contributed by atoms with Crippen molar-refractivity contribution in [2.45, 2.75) is 26.8 Å². The molecule has 3 nitrogen and oxygen atoms in total. The summed E-state index contributed by atoms with van der Waals surface area (Å²) in [6.07, 6.45) is 1.92. The van der Waals surface area contributed by atoms with Gasteiger partial charge in [-0.1, -0.05) is 20.8 Å². The standard InChI is InChI=1S/C9H17N3/c1-9(2,3)8(10)7-5-6-12(4)11-7/h5-6,8H,10H2,1-4H3.